The zero-order chi connectivity index (χ0) is 17.7. The molecule has 0 atom stereocenters. The molecule has 0 spiro atoms. The van der Waals surface area contributed by atoms with Crippen LogP contribution in [0.4, 0.5) is 5.69 Å². The number of rotatable bonds is 5. The van der Waals surface area contributed by atoms with E-state index in [-0.39, 0.29) is 0 Å². The van der Waals surface area contributed by atoms with E-state index in [0.717, 1.165) is 24.6 Å². The molecule has 1 heterocycles. The van der Waals surface area contributed by atoms with E-state index in [1.165, 1.54) is 23.2 Å². The SMILES string of the molecule is CC(/C=C/C(C)=C/c1ccc2c(c1)CCCN2C(C)C)=C\C(=O)[O-]. The van der Waals surface area contributed by atoms with Crippen molar-refractivity contribution in [1.82, 2.24) is 0 Å². The molecule has 1 aromatic rings. The van der Waals surface area contributed by atoms with Gasteiger partial charge in [-0.2, -0.15) is 0 Å². The van der Waals surface area contributed by atoms with Crippen LogP contribution in [0.15, 0.2) is 47.6 Å². The zero-order valence-electron chi connectivity index (χ0n) is 15.0. The molecule has 0 radical (unpaired) electrons. The number of hydrogen-bond acceptors (Lipinski definition) is 3. The molecule has 0 fully saturated rings. The number of aryl methyl sites for hydroxylation is 1. The first-order valence-electron chi connectivity index (χ1n) is 8.52. The van der Waals surface area contributed by atoms with Crippen LogP contribution in [0.1, 0.15) is 45.2 Å². The molecule has 3 nitrogen and oxygen atoms in total. The third kappa shape index (κ3) is 4.85. The minimum atomic E-state index is -1.16. The molecular formula is C21H26NO2-. The molecule has 0 saturated heterocycles. The predicted octanol–water partition coefficient (Wildman–Crippen LogP) is 3.50. The largest absolute Gasteiger partial charge is 0.545 e. The van der Waals surface area contributed by atoms with Crippen LogP contribution in [0.5, 0.6) is 0 Å². The average Bonchev–Trinajstić information content (AvgIpc) is 2.51. The molecule has 0 unspecified atom stereocenters. The standard InChI is InChI=1S/C21H27NO2/c1-15(2)22-11-5-6-19-14-18(9-10-20(19)22)12-16(3)7-8-17(4)13-21(23)24/h7-10,12-15H,5-6,11H2,1-4H3,(H,23,24)/p-1/b8-7+,16-12+,17-13+. The van der Waals surface area contributed by atoms with Gasteiger partial charge in [-0.05, 0) is 75.4 Å². The van der Waals surface area contributed by atoms with Crippen LogP contribution in [-0.2, 0) is 11.2 Å². The highest BCUT2D eigenvalue weighted by Gasteiger charge is 2.18. The van der Waals surface area contributed by atoms with Gasteiger partial charge in [0.2, 0.25) is 0 Å². The summed E-state index contributed by atoms with van der Waals surface area (Å²) in [5, 5.41) is 10.5. The maximum Gasteiger partial charge on any atom is 0.0645 e. The van der Waals surface area contributed by atoms with Gasteiger partial charge < -0.3 is 14.8 Å². The van der Waals surface area contributed by atoms with Crippen LogP contribution < -0.4 is 10.0 Å². The second-order valence-electron chi connectivity index (χ2n) is 6.71. The van der Waals surface area contributed by atoms with Gasteiger partial charge in [-0.25, -0.2) is 0 Å². The quantitative estimate of drug-likeness (QED) is 0.615. The minimum Gasteiger partial charge on any atom is -0.545 e. The Morgan fingerprint density at radius 2 is 1.92 bits per heavy atom. The monoisotopic (exact) mass is 324 g/mol. The van der Waals surface area contributed by atoms with E-state index in [1.807, 2.05) is 13.0 Å². The van der Waals surface area contributed by atoms with Gasteiger partial charge in [0, 0.05) is 18.3 Å². The molecule has 0 saturated carbocycles. The smallest absolute Gasteiger partial charge is 0.0645 e. The van der Waals surface area contributed by atoms with Gasteiger partial charge in [0.15, 0.2) is 0 Å². The third-order valence-electron chi connectivity index (χ3n) is 4.23. The third-order valence-corrected chi connectivity index (χ3v) is 4.23. The Morgan fingerprint density at radius 3 is 2.58 bits per heavy atom. The van der Waals surface area contributed by atoms with E-state index in [2.05, 4.69) is 43.0 Å². The Kier molecular flexibility index (Phi) is 6.02. The highest BCUT2D eigenvalue weighted by atomic mass is 16.4. The Morgan fingerprint density at radius 1 is 1.21 bits per heavy atom. The molecule has 0 bridgehead atoms. The Balaban J connectivity index is 2.18. The summed E-state index contributed by atoms with van der Waals surface area (Å²) in [5.74, 6) is -1.16. The molecule has 0 N–H and O–H groups in total. The minimum absolute atomic E-state index is 0.522. The van der Waals surface area contributed by atoms with Crippen LogP contribution >= 0.6 is 0 Å². The molecule has 2 rings (SSSR count). The molecule has 24 heavy (non-hydrogen) atoms. The summed E-state index contributed by atoms with van der Waals surface area (Å²) in [6.45, 7) is 9.37. The number of nitrogens with zero attached hydrogens (tertiary/aromatic N) is 1. The number of carboxylic acid groups (broad SMARTS) is 1. The summed E-state index contributed by atoms with van der Waals surface area (Å²) in [7, 11) is 0. The molecule has 1 aromatic carbocycles. The normalized spacial score (nSPS) is 16.0. The summed E-state index contributed by atoms with van der Waals surface area (Å²) in [5.41, 5.74) is 5.70. The number of allylic oxidation sites excluding steroid dienone is 4. The molecule has 3 heteroatoms. The summed E-state index contributed by atoms with van der Waals surface area (Å²) < 4.78 is 0. The Bertz CT molecular complexity index is 696. The number of fused-ring (bicyclic) bond motifs is 1. The van der Waals surface area contributed by atoms with Crippen LogP contribution in [0.3, 0.4) is 0 Å². The lowest BCUT2D eigenvalue weighted by Crippen LogP contribution is -2.35. The second-order valence-corrected chi connectivity index (χ2v) is 6.71. The van der Waals surface area contributed by atoms with Gasteiger partial charge in [-0.15, -0.1) is 0 Å². The number of carbonyl (C=O) groups excluding carboxylic acids is 1. The lowest BCUT2D eigenvalue weighted by atomic mass is 9.97. The lowest BCUT2D eigenvalue weighted by Gasteiger charge is -2.34. The average molecular weight is 324 g/mol. The molecule has 0 aromatic heterocycles. The molecule has 0 amide bonds. The Hall–Kier alpha value is -2.29. The highest BCUT2D eigenvalue weighted by Crippen LogP contribution is 2.30. The first-order chi connectivity index (χ1) is 11.4. The number of carbonyl (C=O) groups is 1. The summed E-state index contributed by atoms with van der Waals surface area (Å²) in [6.07, 6.45) is 9.27. The van der Waals surface area contributed by atoms with Crippen molar-refractivity contribution in [2.24, 2.45) is 0 Å². The van der Waals surface area contributed by atoms with Gasteiger partial charge in [0.25, 0.3) is 0 Å². The van der Waals surface area contributed by atoms with Gasteiger partial charge in [-0.1, -0.05) is 29.9 Å². The van der Waals surface area contributed by atoms with Crippen LogP contribution in [0.2, 0.25) is 0 Å². The van der Waals surface area contributed by atoms with Crippen molar-refractivity contribution in [3.8, 4) is 0 Å². The van der Waals surface area contributed by atoms with Crippen LogP contribution in [-0.4, -0.2) is 18.6 Å². The number of anilines is 1. The molecule has 128 valence electrons. The molecule has 1 aliphatic heterocycles. The fourth-order valence-electron chi connectivity index (χ4n) is 3.08. The van der Waals surface area contributed by atoms with Crippen molar-refractivity contribution in [3.63, 3.8) is 0 Å². The maximum absolute atomic E-state index is 10.5. The number of benzene rings is 1. The summed E-state index contributed by atoms with van der Waals surface area (Å²) >= 11 is 0. The fourth-order valence-corrected chi connectivity index (χ4v) is 3.08. The predicted molar refractivity (Wildman–Crippen MR) is 98.8 cm³/mol. The molecule has 0 aliphatic carbocycles. The summed E-state index contributed by atoms with van der Waals surface area (Å²) in [6, 6.07) is 7.17. The molecular weight excluding hydrogens is 298 g/mol. The van der Waals surface area contributed by atoms with Gasteiger partial charge in [0.1, 0.15) is 0 Å². The van der Waals surface area contributed by atoms with Crippen molar-refractivity contribution >= 4 is 17.7 Å². The number of aliphatic carboxylic acids is 1. The first-order valence-corrected chi connectivity index (χ1v) is 8.52. The van der Waals surface area contributed by atoms with E-state index in [0.29, 0.717) is 11.6 Å². The van der Waals surface area contributed by atoms with Crippen molar-refractivity contribution in [2.75, 3.05) is 11.4 Å². The first kappa shape index (κ1) is 18.1. The topological polar surface area (TPSA) is 43.4 Å². The second kappa shape index (κ2) is 8.00. The highest BCUT2D eigenvalue weighted by molar-refractivity contribution is 5.79. The molecule has 1 aliphatic rings. The fraction of sp³-hybridized carbons (Fsp3) is 0.381. The summed E-state index contributed by atoms with van der Waals surface area (Å²) in [4.78, 5) is 13.0. The maximum atomic E-state index is 10.5. The number of hydrogen-bond donors (Lipinski definition) is 0. The van der Waals surface area contributed by atoms with Crippen molar-refractivity contribution < 1.29 is 9.90 Å². The van der Waals surface area contributed by atoms with E-state index >= 15 is 0 Å². The number of carboxylic acids is 1. The van der Waals surface area contributed by atoms with Gasteiger partial charge in [-0.3, -0.25) is 0 Å². The van der Waals surface area contributed by atoms with Crippen molar-refractivity contribution in [3.05, 3.63) is 58.7 Å². The van der Waals surface area contributed by atoms with Crippen LogP contribution in [0.25, 0.3) is 6.08 Å². The van der Waals surface area contributed by atoms with Gasteiger partial charge in [0.05, 0.1) is 5.97 Å². The van der Waals surface area contributed by atoms with E-state index < -0.39 is 5.97 Å². The van der Waals surface area contributed by atoms with Crippen molar-refractivity contribution in [2.45, 2.75) is 46.6 Å². The van der Waals surface area contributed by atoms with Crippen LogP contribution in [0, 0.1) is 0 Å². The Labute approximate surface area is 145 Å². The van der Waals surface area contributed by atoms with E-state index in [4.69, 9.17) is 0 Å². The van der Waals surface area contributed by atoms with Gasteiger partial charge >= 0.3 is 0 Å². The van der Waals surface area contributed by atoms with E-state index in [9.17, 15) is 9.90 Å². The van der Waals surface area contributed by atoms with Crippen molar-refractivity contribution in [1.29, 1.82) is 0 Å². The lowest BCUT2D eigenvalue weighted by molar-refractivity contribution is -0.297. The zero-order valence-corrected chi connectivity index (χ0v) is 15.0. The van der Waals surface area contributed by atoms with E-state index in [1.54, 1.807) is 13.0 Å².